The molecule has 3 aliphatic carbocycles. The minimum atomic E-state index is -0.107. The molecule has 3 aliphatic rings. The third kappa shape index (κ3) is 2.04. The Morgan fingerprint density at radius 2 is 1.92 bits per heavy atom. The van der Waals surface area contributed by atoms with Crippen molar-refractivity contribution in [2.75, 3.05) is 0 Å². The molecule has 2 bridgehead atoms. The molecule has 134 valence electrons. The monoisotopic (exact) mass is 365 g/mol. The van der Waals surface area contributed by atoms with Crippen molar-refractivity contribution in [1.29, 1.82) is 0 Å². The summed E-state index contributed by atoms with van der Waals surface area (Å²) in [6.45, 7) is 6.99. The van der Waals surface area contributed by atoms with E-state index in [4.69, 9.17) is 4.98 Å². The van der Waals surface area contributed by atoms with Crippen LogP contribution < -0.4 is 0 Å². The van der Waals surface area contributed by atoms with E-state index in [9.17, 15) is 4.79 Å². The Bertz CT molecular complexity index is 925. The lowest BCUT2D eigenvalue weighted by Gasteiger charge is -2.34. The first-order valence-corrected chi connectivity index (χ1v) is 10.3. The highest BCUT2D eigenvalue weighted by Crippen LogP contribution is 2.66. The van der Waals surface area contributed by atoms with Crippen LogP contribution in [0.3, 0.4) is 0 Å². The lowest BCUT2D eigenvalue weighted by molar-refractivity contribution is 0.0979. The second-order valence-corrected chi connectivity index (χ2v) is 9.81. The van der Waals surface area contributed by atoms with Gasteiger partial charge in [-0.3, -0.25) is 4.79 Å². The van der Waals surface area contributed by atoms with E-state index in [-0.39, 0.29) is 21.9 Å². The first-order valence-electron chi connectivity index (χ1n) is 9.46. The second-order valence-electron chi connectivity index (χ2n) is 8.64. The summed E-state index contributed by atoms with van der Waals surface area (Å²) in [5.74, 6) is 0.666. The van der Waals surface area contributed by atoms with Crippen LogP contribution in [0.5, 0.6) is 0 Å². The van der Waals surface area contributed by atoms with E-state index in [1.807, 2.05) is 18.2 Å². The van der Waals surface area contributed by atoms with Crippen molar-refractivity contribution in [3.8, 4) is 0 Å². The third-order valence-corrected chi connectivity index (χ3v) is 8.39. The number of benzene rings is 1. The molecule has 3 atom stereocenters. The number of aryl methyl sites for hydroxylation is 1. The molecule has 0 spiro atoms. The van der Waals surface area contributed by atoms with Crippen LogP contribution in [0.15, 0.2) is 29.4 Å². The molecule has 0 radical (unpaired) electrons. The minimum absolute atomic E-state index is 0.0709. The number of hydrogen-bond acceptors (Lipinski definition) is 5. The van der Waals surface area contributed by atoms with E-state index in [2.05, 4.69) is 37.0 Å². The minimum Gasteiger partial charge on any atom is -0.293 e. The van der Waals surface area contributed by atoms with Gasteiger partial charge in [0.05, 0.1) is 16.6 Å². The molecule has 2 aromatic rings. The highest BCUT2D eigenvalue weighted by molar-refractivity contribution is 8.00. The molecule has 1 aromatic carbocycles. The lowest BCUT2D eigenvalue weighted by Crippen LogP contribution is -2.32. The molecule has 1 fully saturated rings. The van der Waals surface area contributed by atoms with Gasteiger partial charge in [-0.15, -0.1) is 5.10 Å². The van der Waals surface area contributed by atoms with Gasteiger partial charge in [-0.2, -0.15) is 5.10 Å². The van der Waals surface area contributed by atoms with Gasteiger partial charge in [-0.1, -0.05) is 56.8 Å². The second kappa shape index (κ2) is 5.38. The first-order chi connectivity index (χ1) is 12.4. The number of fused-ring (bicyclic) bond motifs is 6. The predicted molar refractivity (Wildman–Crippen MR) is 102 cm³/mol. The van der Waals surface area contributed by atoms with E-state index < -0.39 is 0 Å². The maximum absolute atomic E-state index is 12.9. The van der Waals surface area contributed by atoms with Gasteiger partial charge < -0.3 is 0 Å². The van der Waals surface area contributed by atoms with Gasteiger partial charge >= 0.3 is 0 Å². The summed E-state index contributed by atoms with van der Waals surface area (Å²) in [5, 5.41) is 9.52. The van der Waals surface area contributed by atoms with E-state index in [1.165, 1.54) is 18.2 Å². The quantitative estimate of drug-likeness (QED) is 0.792. The zero-order valence-corrected chi connectivity index (χ0v) is 16.3. The smallest absolute Gasteiger partial charge is 0.210 e. The first kappa shape index (κ1) is 16.4. The van der Waals surface area contributed by atoms with Gasteiger partial charge in [0, 0.05) is 16.9 Å². The maximum Gasteiger partial charge on any atom is 0.210 e. The van der Waals surface area contributed by atoms with Crippen molar-refractivity contribution in [2.24, 2.45) is 5.41 Å². The van der Waals surface area contributed by atoms with E-state index in [0.717, 1.165) is 41.8 Å². The summed E-state index contributed by atoms with van der Waals surface area (Å²) in [6.07, 6.45) is 4.12. The van der Waals surface area contributed by atoms with Crippen molar-refractivity contribution in [1.82, 2.24) is 15.2 Å². The number of rotatable bonds is 2. The average molecular weight is 366 g/mol. The molecule has 0 amide bonds. The Hall–Kier alpha value is -1.75. The van der Waals surface area contributed by atoms with Crippen LogP contribution in [-0.2, 0) is 11.8 Å². The van der Waals surface area contributed by atoms with Gasteiger partial charge in [-0.25, -0.2) is 4.98 Å². The molecular formula is C21H23N3OS. The summed E-state index contributed by atoms with van der Waals surface area (Å²) < 4.78 is 0. The Morgan fingerprint density at radius 1 is 1.12 bits per heavy atom. The van der Waals surface area contributed by atoms with Crippen molar-refractivity contribution >= 4 is 17.5 Å². The molecule has 1 saturated carbocycles. The number of carbonyl (C=O) groups is 1. The van der Waals surface area contributed by atoms with Gasteiger partial charge in [0.25, 0.3) is 0 Å². The Kier molecular flexibility index (Phi) is 3.40. The fourth-order valence-corrected chi connectivity index (χ4v) is 6.18. The van der Waals surface area contributed by atoms with Crippen molar-refractivity contribution in [3.05, 3.63) is 46.8 Å². The Labute approximate surface area is 158 Å². The summed E-state index contributed by atoms with van der Waals surface area (Å²) in [6, 6.07) is 7.94. The molecule has 0 unspecified atom stereocenters. The number of carbonyl (C=O) groups excluding carboxylic acids is 1. The molecule has 0 aliphatic heterocycles. The number of aromatic nitrogens is 3. The zero-order chi connectivity index (χ0) is 18.1. The lowest BCUT2D eigenvalue weighted by atomic mass is 9.70. The van der Waals surface area contributed by atoms with E-state index >= 15 is 0 Å². The van der Waals surface area contributed by atoms with Gasteiger partial charge in [0.15, 0.2) is 5.78 Å². The third-order valence-electron chi connectivity index (χ3n) is 7.27. The van der Waals surface area contributed by atoms with Crippen LogP contribution in [0, 0.1) is 5.41 Å². The van der Waals surface area contributed by atoms with Crippen LogP contribution in [-0.4, -0.2) is 26.2 Å². The molecule has 0 N–H and O–H groups in total. The van der Waals surface area contributed by atoms with Crippen LogP contribution in [0.2, 0.25) is 0 Å². The molecule has 26 heavy (non-hydrogen) atoms. The van der Waals surface area contributed by atoms with E-state index in [1.54, 1.807) is 0 Å². The Balaban J connectivity index is 1.45. The molecule has 5 heteroatoms. The molecule has 1 aromatic heterocycles. The normalized spacial score (nSPS) is 31.0. The standard InChI is InChI=1S/C21H23N3OS/c1-20(2)14-10-11-21(20,3)18-16(14)23-24-19(22-18)26-15-9-8-12-6-4-5-7-13(12)17(15)25/h4-7,14-15H,8-11H2,1-3H3/t14-,15-,21+/m1/s1. The molecule has 0 saturated heterocycles. The number of Topliss-reactive ketones (excluding diaryl/α,β-unsaturated/α-hetero) is 1. The highest BCUT2D eigenvalue weighted by Gasteiger charge is 2.61. The van der Waals surface area contributed by atoms with E-state index in [0.29, 0.717) is 11.1 Å². The zero-order valence-electron chi connectivity index (χ0n) is 15.5. The number of thioether (sulfide) groups is 1. The SMILES string of the molecule is CC1(C)[C@@H]2CC[C@@]1(C)c1nc(S[C@@H]3CCc4ccccc4C3=O)nnc12. The summed E-state index contributed by atoms with van der Waals surface area (Å²) in [7, 11) is 0. The number of ketones is 1. The van der Waals surface area contributed by atoms with Crippen molar-refractivity contribution in [3.63, 3.8) is 0 Å². The molecular weight excluding hydrogens is 342 g/mol. The topological polar surface area (TPSA) is 55.7 Å². The van der Waals surface area contributed by atoms with Gasteiger partial charge in [0.1, 0.15) is 0 Å². The largest absolute Gasteiger partial charge is 0.293 e. The van der Waals surface area contributed by atoms with Crippen LogP contribution in [0.25, 0.3) is 0 Å². The molecule has 4 nitrogen and oxygen atoms in total. The van der Waals surface area contributed by atoms with Gasteiger partial charge in [-0.05, 0) is 36.7 Å². The summed E-state index contributed by atoms with van der Waals surface area (Å²) >= 11 is 1.49. The van der Waals surface area contributed by atoms with Gasteiger partial charge in [0.2, 0.25) is 5.16 Å². The fourth-order valence-electron chi connectivity index (χ4n) is 5.22. The summed E-state index contributed by atoms with van der Waals surface area (Å²) in [5.41, 5.74) is 4.49. The van der Waals surface area contributed by atoms with Crippen LogP contribution in [0.1, 0.15) is 73.3 Å². The molecule has 1 heterocycles. The number of nitrogens with zero attached hydrogens (tertiary/aromatic N) is 3. The van der Waals surface area contributed by atoms with Crippen LogP contribution >= 0.6 is 11.8 Å². The number of hydrogen-bond donors (Lipinski definition) is 0. The average Bonchev–Trinajstić information content (AvgIpc) is 2.97. The van der Waals surface area contributed by atoms with Crippen LogP contribution in [0.4, 0.5) is 0 Å². The van der Waals surface area contributed by atoms with Crippen molar-refractivity contribution in [2.45, 2.75) is 68.2 Å². The predicted octanol–water partition coefficient (Wildman–Crippen LogP) is 4.34. The summed E-state index contributed by atoms with van der Waals surface area (Å²) in [4.78, 5) is 17.8. The van der Waals surface area contributed by atoms with Crippen molar-refractivity contribution < 1.29 is 4.79 Å². The fraction of sp³-hybridized carbons (Fsp3) is 0.524. The highest BCUT2D eigenvalue weighted by atomic mass is 32.2. The molecule has 5 rings (SSSR count). The Morgan fingerprint density at radius 3 is 2.77 bits per heavy atom. The maximum atomic E-state index is 12.9.